The van der Waals surface area contributed by atoms with Gasteiger partial charge in [0.15, 0.2) is 0 Å². The van der Waals surface area contributed by atoms with Crippen LogP contribution in [0.4, 0.5) is 26.3 Å². The summed E-state index contributed by atoms with van der Waals surface area (Å²) in [6, 6.07) is 10.7. The minimum absolute atomic E-state index is 0.0478. The van der Waals surface area contributed by atoms with Crippen LogP contribution in [0.1, 0.15) is 32.7 Å². The lowest BCUT2D eigenvalue weighted by Crippen LogP contribution is -2.13. The molecule has 7 nitrogen and oxygen atoms in total. The molecule has 0 atom stereocenters. The number of rotatable bonds is 6. The third-order valence-electron chi connectivity index (χ3n) is 5.95. The summed E-state index contributed by atoms with van der Waals surface area (Å²) in [5, 5.41) is 8.33. The van der Waals surface area contributed by atoms with E-state index >= 15 is 0 Å². The number of halogens is 7. The van der Waals surface area contributed by atoms with Crippen LogP contribution in [0.2, 0.25) is 5.02 Å². The Hall–Kier alpha value is -4.65. The average molecular weight is 589 g/mol. The highest BCUT2D eigenvalue weighted by Crippen LogP contribution is 2.37. The van der Waals surface area contributed by atoms with Crippen LogP contribution in [-0.4, -0.2) is 35.7 Å². The summed E-state index contributed by atoms with van der Waals surface area (Å²) in [6.07, 6.45) is -4.72. The van der Waals surface area contributed by atoms with Crippen LogP contribution in [0.15, 0.2) is 79.5 Å². The number of ketones is 1. The SMILES string of the molecule is O=C(c1ccccc1Cl)c1ncncc1-c1nnn(Cc2cc(C(F)(F)F)cc(C(F)(F)F)c2)c1-c1cccnc1. The Balaban J connectivity index is 1.67. The van der Waals surface area contributed by atoms with Gasteiger partial charge < -0.3 is 0 Å². The predicted octanol–water partition coefficient (Wildman–Crippen LogP) is 6.77. The van der Waals surface area contributed by atoms with Crippen molar-refractivity contribution in [3.05, 3.63) is 112 Å². The quantitative estimate of drug-likeness (QED) is 0.161. The van der Waals surface area contributed by atoms with E-state index in [-0.39, 0.29) is 44.9 Å². The predicted molar refractivity (Wildman–Crippen MR) is 135 cm³/mol. The average Bonchev–Trinajstić information content (AvgIpc) is 3.35. The Labute approximate surface area is 232 Å². The Kier molecular flexibility index (Phi) is 7.30. The topological polar surface area (TPSA) is 86.5 Å². The molecule has 0 spiro atoms. The highest BCUT2D eigenvalue weighted by Gasteiger charge is 2.37. The summed E-state index contributed by atoms with van der Waals surface area (Å²) in [5.41, 5.74) is -2.51. The van der Waals surface area contributed by atoms with Crippen LogP contribution < -0.4 is 0 Å². The number of carbonyl (C=O) groups excluding carboxylic acids is 1. The van der Waals surface area contributed by atoms with Crippen molar-refractivity contribution >= 4 is 17.4 Å². The van der Waals surface area contributed by atoms with E-state index in [1.54, 1.807) is 24.3 Å². The number of hydrogen-bond acceptors (Lipinski definition) is 6. The second kappa shape index (κ2) is 10.7. The molecule has 2 aromatic carbocycles. The summed E-state index contributed by atoms with van der Waals surface area (Å²) in [5.74, 6) is -0.563. The molecule has 0 aliphatic heterocycles. The van der Waals surface area contributed by atoms with Crippen LogP contribution in [0.5, 0.6) is 0 Å². The summed E-state index contributed by atoms with van der Waals surface area (Å²) >= 11 is 6.21. The minimum Gasteiger partial charge on any atom is -0.287 e. The van der Waals surface area contributed by atoms with Crippen molar-refractivity contribution in [3.8, 4) is 22.5 Å². The molecule has 0 saturated heterocycles. The van der Waals surface area contributed by atoms with Gasteiger partial charge in [-0.25, -0.2) is 14.6 Å². The fourth-order valence-electron chi connectivity index (χ4n) is 4.13. The molecule has 208 valence electrons. The third kappa shape index (κ3) is 5.80. The van der Waals surface area contributed by atoms with Gasteiger partial charge in [-0.2, -0.15) is 26.3 Å². The van der Waals surface area contributed by atoms with Crippen molar-refractivity contribution in [2.45, 2.75) is 18.9 Å². The van der Waals surface area contributed by atoms with Crippen molar-refractivity contribution in [1.82, 2.24) is 29.9 Å². The Morgan fingerprint density at radius 2 is 1.59 bits per heavy atom. The summed E-state index contributed by atoms with van der Waals surface area (Å²) in [4.78, 5) is 25.6. The zero-order valence-electron chi connectivity index (χ0n) is 20.4. The number of aromatic nitrogens is 6. The smallest absolute Gasteiger partial charge is 0.287 e. The van der Waals surface area contributed by atoms with E-state index in [2.05, 4.69) is 25.3 Å². The first-order chi connectivity index (χ1) is 19.4. The Bertz CT molecular complexity index is 1700. The zero-order chi connectivity index (χ0) is 29.4. The number of carbonyl (C=O) groups is 1. The van der Waals surface area contributed by atoms with Crippen molar-refractivity contribution < 1.29 is 31.1 Å². The van der Waals surface area contributed by atoms with Gasteiger partial charge in [-0.1, -0.05) is 28.9 Å². The molecular formula is C27H15ClF6N6O. The molecule has 14 heteroatoms. The summed E-state index contributed by atoms with van der Waals surface area (Å²) in [7, 11) is 0. The van der Waals surface area contributed by atoms with E-state index in [9.17, 15) is 31.1 Å². The van der Waals surface area contributed by atoms with Crippen molar-refractivity contribution in [2.75, 3.05) is 0 Å². The first kappa shape index (κ1) is 27.9. The van der Waals surface area contributed by atoms with Gasteiger partial charge in [-0.05, 0) is 48.0 Å². The number of alkyl halides is 6. The van der Waals surface area contributed by atoms with E-state index in [1.807, 2.05) is 0 Å². The molecule has 5 rings (SSSR count). The lowest BCUT2D eigenvalue weighted by molar-refractivity contribution is -0.143. The molecule has 0 fully saturated rings. The lowest BCUT2D eigenvalue weighted by Gasteiger charge is -2.15. The van der Waals surface area contributed by atoms with E-state index in [1.165, 1.54) is 30.7 Å². The lowest BCUT2D eigenvalue weighted by atomic mass is 10.00. The van der Waals surface area contributed by atoms with Crippen molar-refractivity contribution in [1.29, 1.82) is 0 Å². The Morgan fingerprint density at radius 1 is 0.878 bits per heavy atom. The number of pyridine rings is 1. The molecule has 0 N–H and O–H groups in total. The first-order valence-electron chi connectivity index (χ1n) is 11.7. The Morgan fingerprint density at radius 3 is 2.22 bits per heavy atom. The molecular weight excluding hydrogens is 574 g/mol. The second-order valence-electron chi connectivity index (χ2n) is 8.69. The van der Waals surface area contributed by atoms with Gasteiger partial charge in [0.1, 0.15) is 17.7 Å². The molecule has 0 aliphatic carbocycles. The van der Waals surface area contributed by atoms with E-state index in [0.717, 1.165) is 11.0 Å². The van der Waals surface area contributed by atoms with Gasteiger partial charge in [0.05, 0.1) is 34.0 Å². The molecule has 0 saturated carbocycles. The number of benzene rings is 2. The first-order valence-corrected chi connectivity index (χ1v) is 12.0. The minimum atomic E-state index is -5.02. The number of nitrogens with zero attached hydrogens (tertiary/aromatic N) is 6. The highest BCUT2D eigenvalue weighted by molar-refractivity contribution is 6.35. The fraction of sp³-hybridized carbons (Fsp3) is 0.111. The van der Waals surface area contributed by atoms with Gasteiger partial charge >= 0.3 is 12.4 Å². The highest BCUT2D eigenvalue weighted by atomic mass is 35.5. The van der Waals surface area contributed by atoms with E-state index < -0.39 is 35.8 Å². The van der Waals surface area contributed by atoms with Crippen LogP contribution in [0, 0.1) is 0 Å². The van der Waals surface area contributed by atoms with Crippen LogP contribution in [-0.2, 0) is 18.9 Å². The largest absolute Gasteiger partial charge is 0.416 e. The van der Waals surface area contributed by atoms with Gasteiger partial charge in [0, 0.05) is 29.7 Å². The van der Waals surface area contributed by atoms with Gasteiger partial charge in [0.2, 0.25) is 5.78 Å². The van der Waals surface area contributed by atoms with Crippen LogP contribution >= 0.6 is 11.6 Å². The van der Waals surface area contributed by atoms with Crippen LogP contribution in [0.3, 0.4) is 0 Å². The fourth-order valence-corrected chi connectivity index (χ4v) is 4.36. The molecule has 5 aromatic rings. The summed E-state index contributed by atoms with van der Waals surface area (Å²) < 4.78 is 81.9. The van der Waals surface area contributed by atoms with Crippen LogP contribution in [0.25, 0.3) is 22.5 Å². The van der Waals surface area contributed by atoms with Gasteiger partial charge in [-0.15, -0.1) is 5.10 Å². The maximum atomic E-state index is 13.5. The molecule has 3 heterocycles. The zero-order valence-corrected chi connectivity index (χ0v) is 21.2. The van der Waals surface area contributed by atoms with Gasteiger partial charge in [0.25, 0.3) is 0 Å². The van der Waals surface area contributed by atoms with Gasteiger partial charge in [-0.3, -0.25) is 9.78 Å². The third-order valence-corrected chi connectivity index (χ3v) is 6.28. The summed E-state index contributed by atoms with van der Waals surface area (Å²) in [6.45, 7) is -0.522. The second-order valence-corrected chi connectivity index (χ2v) is 9.10. The molecule has 0 amide bonds. The van der Waals surface area contributed by atoms with Crippen molar-refractivity contribution in [2.24, 2.45) is 0 Å². The molecule has 0 bridgehead atoms. The molecule has 41 heavy (non-hydrogen) atoms. The van der Waals surface area contributed by atoms with Crippen molar-refractivity contribution in [3.63, 3.8) is 0 Å². The normalized spacial score (nSPS) is 12.0. The number of hydrogen-bond donors (Lipinski definition) is 0. The maximum Gasteiger partial charge on any atom is 0.416 e. The van der Waals surface area contributed by atoms with E-state index in [4.69, 9.17) is 11.6 Å². The maximum absolute atomic E-state index is 13.5. The molecule has 0 radical (unpaired) electrons. The van der Waals surface area contributed by atoms with E-state index in [0.29, 0.717) is 17.7 Å². The molecule has 3 aromatic heterocycles. The molecule has 0 unspecified atom stereocenters. The molecule has 0 aliphatic rings. The standard InChI is InChI=1S/C27H15ClF6N6O/c28-21-6-2-1-5-19(21)25(41)23-20(12-36-14-37-23)22-24(16-4-3-7-35-11-16)40(39-38-22)13-15-8-17(26(29,30)31)10-18(9-15)27(32,33)34/h1-12,14H,13H2. The monoisotopic (exact) mass is 588 g/mol.